The Balaban J connectivity index is 0.00000218. The quantitative estimate of drug-likeness (QED) is 0.412. The van der Waals surface area contributed by atoms with Gasteiger partial charge in [-0.3, -0.25) is 4.79 Å². The van der Waals surface area contributed by atoms with Crippen molar-refractivity contribution in [2.24, 2.45) is 0 Å². The fourth-order valence-corrected chi connectivity index (χ4v) is 6.14. The molecule has 5 rings (SSSR count). The van der Waals surface area contributed by atoms with Crippen molar-refractivity contribution in [1.29, 1.82) is 0 Å². The van der Waals surface area contributed by atoms with E-state index in [9.17, 15) is 4.79 Å². The van der Waals surface area contributed by atoms with Crippen LogP contribution in [0.1, 0.15) is 26.4 Å². The molecule has 2 aromatic heterocycles. The molecule has 4 nitrogen and oxygen atoms in total. The Kier molecular flexibility index (Phi) is 5.93. The van der Waals surface area contributed by atoms with Crippen LogP contribution in [0, 0.1) is 6.92 Å². The maximum Gasteiger partial charge on any atom is 0.256 e. The third-order valence-electron chi connectivity index (χ3n) is 5.30. The highest BCUT2D eigenvalue weighted by Gasteiger charge is 2.26. The van der Waals surface area contributed by atoms with Gasteiger partial charge in [0.25, 0.3) is 5.91 Å². The lowest BCUT2D eigenvalue weighted by Gasteiger charge is -2.22. The lowest BCUT2D eigenvalue weighted by Crippen LogP contribution is -2.25. The van der Waals surface area contributed by atoms with Crippen LogP contribution in [-0.4, -0.2) is 29.4 Å². The number of benzene rings is 2. The smallest absolute Gasteiger partial charge is 0.256 e. The van der Waals surface area contributed by atoms with Crippen LogP contribution in [0.3, 0.4) is 0 Å². The lowest BCUT2D eigenvalue weighted by atomic mass is 10.0. The fraction of sp³-hybridized carbons (Fsp3) is 0.217. The first kappa shape index (κ1) is 21.0. The molecule has 3 heterocycles. The van der Waals surface area contributed by atoms with Gasteiger partial charge in [-0.1, -0.05) is 29.8 Å². The summed E-state index contributed by atoms with van der Waals surface area (Å²) in [6, 6.07) is 15.9. The molecule has 0 unspecified atom stereocenters. The third kappa shape index (κ3) is 3.88. The number of thiazole rings is 1. The molecule has 30 heavy (non-hydrogen) atoms. The summed E-state index contributed by atoms with van der Waals surface area (Å²) in [5, 5.41) is 5.09. The first-order valence-corrected chi connectivity index (χ1v) is 11.3. The number of rotatable bonds is 3. The summed E-state index contributed by atoms with van der Waals surface area (Å²) in [7, 11) is 2.14. The molecule has 1 aliphatic heterocycles. The summed E-state index contributed by atoms with van der Waals surface area (Å²) < 4.78 is 1.17. The fourth-order valence-electron chi connectivity index (χ4n) is 3.70. The maximum absolute atomic E-state index is 12.9. The number of para-hydroxylation sites is 1. The number of carbonyl (C=O) groups excluding carboxylic acids is 1. The van der Waals surface area contributed by atoms with Crippen molar-refractivity contribution < 1.29 is 4.79 Å². The van der Waals surface area contributed by atoms with Gasteiger partial charge in [-0.15, -0.1) is 35.1 Å². The Labute approximate surface area is 190 Å². The van der Waals surface area contributed by atoms with E-state index >= 15 is 0 Å². The Hall–Kier alpha value is -2.25. The highest BCUT2D eigenvalue weighted by Crippen LogP contribution is 2.45. The van der Waals surface area contributed by atoms with E-state index in [4.69, 9.17) is 4.98 Å². The molecule has 0 saturated carbocycles. The minimum atomic E-state index is -0.0701. The van der Waals surface area contributed by atoms with Crippen LogP contribution in [0.2, 0.25) is 0 Å². The van der Waals surface area contributed by atoms with Crippen molar-refractivity contribution in [3.8, 4) is 10.6 Å². The molecule has 1 aliphatic rings. The molecule has 0 radical (unpaired) electrons. The molecule has 0 atom stereocenters. The molecule has 1 N–H and O–H groups in total. The standard InChI is InChI=1S/C23H21N3OS2.ClH/c1-14-7-9-15(10-8-14)21(27)25-23-20(16-11-12-26(2)13-19(16)29-23)22-24-17-5-3-4-6-18(17)28-22;/h3-10H,11-13H2,1-2H3,(H,25,27);1H. The van der Waals surface area contributed by atoms with Crippen LogP contribution >= 0.6 is 35.1 Å². The van der Waals surface area contributed by atoms with E-state index in [1.807, 2.05) is 49.4 Å². The van der Waals surface area contributed by atoms with E-state index in [0.29, 0.717) is 5.56 Å². The van der Waals surface area contributed by atoms with Crippen LogP contribution in [0.4, 0.5) is 5.00 Å². The van der Waals surface area contributed by atoms with Gasteiger partial charge < -0.3 is 10.2 Å². The second-order valence-electron chi connectivity index (χ2n) is 7.50. The second kappa shape index (κ2) is 8.47. The number of anilines is 1. The summed E-state index contributed by atoms with van der Waals surface area (Å²) in [5.74, 6) is -0.0701. The maximum atomic E-state index is 12.9. The van der Waals surface area contributed by atoms with Gasteiger partial charge in [0.05, 0.1) is 10.2 Å². The number of carbonyl (C=O) groups is 1. The van der Waals surface area contributed by atoms with Gasteiger partial charge in [0.2, 0.25) is 0 Å². The van der Waals surface area contributed by atoms with Gasteiger partial charge in [0.1, 0.15) is 10.0 Å². The third-order valence-corrected chi connectivity index (χ3v) is 7.48. The van der Waals surface area contributed by atoms with E-state index < -0.39 is 0 Å². The molecule has 4 aromatic rings. The Morgan fingerprint density at radius 2 is 1.87 bits per heavy atom. The van der Waals surface area contributed by atoms with Crippen molar-refractivity contribution >= 4 is 56.2 Å². The number of fused-ring (bicyclic) bond motifs is 2. The average Bonchev–Trinajstić information content (AvgIpc) is 3.28. The molecule has 1 amide bonds. The van der Waals surface area contributed by atoms with Crippen LogP contribution in [0.25, 0.3) is 20.8 Å². The molecule has 7 heteroatoms. The van der Waals surface area contributed by atoms with Crippen molar-refractivity contribution in [3.63, 3.8) is 0 Å². The number of hydrogen-bond acceptors (Lipinski definition) is 5. The Morgan fingerprint density at radius 1 is 1.10 bits per heavy atom. The van der Waals surface area contributed by atoms with E-state index in [0.717, 1.165) is 46.2 Å². The van der Waals surface area contributed by atoms with E-state index in [1.165, 1.54) is 15.1 Å². The first-order valence-electron chi connectivity index (χ1n) is 9.65. The van der Waals surface area contributed by atoms with Gasteiger partial charge in [-0.2, -0.15) is 0 Å². The van der Waals surface area contributed by atoms with Gasteiger partial charge in [-0.25, -0.2) is 4.98 Å². The zero-order valence-corrected chi connectivity index (χ0v) is 19.2. The minimum Gasteiger partial charge on any atom is -0.313 e. The summed E-state index contributed by atoms with van der Waals surface area (Å²) in [6.45, 7) is 3.96. The number of nitrogens with zero attached hydrogens (tertiary/aromatic N) is 2. The molecule has 0 bridgehead atoms. The van der Waals surface area contributed by atoms with Crippen LogP contribution in [0.5, 0.6) is 0 Å². The monoisotopic (exact) mass is 455 g/mol. The highest BCUT2D eigenvalue weighted by molar-refractivity contribution is 7.23. The lowest BCUT2D eigenvalue weighted by molar-refractivity contribution is 0.102. The number of thiophene rings is 1. The van der Waals surface area contributed by atoms with Crippen molar-refractivity contribution in [3.05, 3.63) is 70.1 Å². The number of amides is 1. The topological polar surface area (TPSA) is 45.2 Å². The summed E-state index contributed by atoms with van der Waals surface area (Å²) in [4.78, 5) is 21.5. The van der Waals surface area contributed by atoms with E-state index in [1.54, 1.807) is 22.7 Å². The van der Waals surface area contributed by atoms with Crippen LogP contribution < -0.4 is 5.32 Å². The Morgan fingerprint density at radius 3 is 2.63 bits per heavy atom. The molecule has 0 fully saturated rings. The van der Waals surface area contributed by atoms with Crippen LogP contribution in [-0.2, 0) is 13.0 Å². The second-order valence-corrected chi connectivity index (χ2v) is 9.64. The van der Waals surface area contributed by atoms with Crippen molar-refractivity contribution in [2.75, 3.05) is 18.9 Å². The molecule has 0 spiro atoms. The SMILES string of the molecule is Cc1ccc(C(=O)Nc2sc3c(c2-c2nc4ccccc4s2)CCN(C)C3)cc1.Cl. The molecular formula is C23H22ClN3OS2. The molecule has 2 aromatic carbocycles. The zero-order chi connectivity index (χ0) is 20.0. The van der Waals surface area contributed by atoms with E-state index in [-0.39, 0.29) is 18.3 Å². The van der Waals surface area contributed by atoms with Gasteiger partial charge in [0, 0.05) is 29.1 Å². The molecule has 0 saturated heterocycles. The van der Waals surface area contributed by atoms with Crippen LogP contribution in [0.15, 0.2) is 48.5 Å². The normalized spacial score (nSPS) is 13.7. The summed E-state index contributed by atoms with van der Waals surface area (Å²) >= 11 is 3.39. The number of halogens is 1. The largest absolute Gasteiger partial charge is 0.313 e. The number of nitrogens with one attached hydrogen (secondary N) is 1. The number of aryl methyl sites for hydroxylation is 1. The average molecular weight is 456 g/mol. The van der Waals surface area contributed by atoms with Crippen molar-refractivity contribution in [1.82, 2.24) is 9.88 Å². The molecule has 0 aliphatic carbocycles. The number of likely N-dealkylation sites (N-methyl/N-ethyl adjacent to an activating group) is 1. The molecule has 154 valence electrons. The summed E-state index contributed by atoms with van der Waals surface area (Å²) in [5.41, 5.74) is 5.28. The molecular weight excluding hydrogens is 434 g/mol. The number of hydrogen-bond donors (Lipinski definition) is 1. The predicted octanol–water partition coefficient (Wildman–Crippen LogP) is 6.00. The van der Waals surface area contributed by atoms with E-state index in [2.05, 4.69) is 23.3 Å². The van der Waals surface area contributed by atoms with Crippen molar-refractivity contribution in [2.45, 2.75) is 19.9 Å². The number of aromatic nitrogens is 1. The zero-order valence-electron chi connectivity index (χ0n) is 16.8. The first-order chi connectivity index (χ1) is 14.1. The van der Waals surface area contributed by atoms with Gasteiger partial charge in [-0.05, 0) is 50.2 Å². The highest BCUT2D eigenvalue weighted by atomic mass is 35.5. The Bertz CT molecular complexity index is 1180. The minimum absolute atomic E-state index is 0. The predicted molar refractivity (Wildman–Crippen MR) is 129 cm³/mol. The summed E-state index contributed by atoms with van der Waals surface area (Å²) in [6.07, 6.45) is 0.980. The van der Waals surface area contributed by atoms with Gasteiger partial charge in [0.15, 0.2) is 0 Å². The van der Waals surface area contributed by atoms with Gasteiger partial charge >= 0.3 is 0 Å².